The van der Waals surface area contributed by atoms with E-state index in [4.69, 9.17) is 9.84 Å². The topological polar surface area (TPSA) is 41.5 Å². The van der Waals surface area contributed by atoms with E-state index in [0.717, 1.165) is 13.0 Å². The monoisotopic (exact) mass is 131 g/mol. The van der Waals surface area contributed by atoms with Crippen molar-refractivity contribution in [3.8, 4) is 0 Å². The first-order chi connectivity index (χ1) is 4.34. The zero-order valence-corrected chi connectivity index (χ0v) is 5.63. The lowest BCUT2D eigenvalue weighted by atomic mass is 10.3. The first-order valence-corrected chi connectivity index (χ1v) is 3.37. The van der Waals surface area contributed by atoms with Crippen LogP contribution >= 0.6 is 0 Å². The van der Waals surface area contributed by atoms with E-state index in [-0.39, 0.29) is 12.3 Å². The number of nitrogens with one attached hydrogen (secondary N) is 1. The summed E-state index contributed by atoms with van der Waals surface area (Å²) in [6.45, 7) is 3.45. The van der Waals surface area contributed by atoms with Gasteiger partial charge in [0.2, 0.25) is 0 Å². The van der Waals surface area contributed by atoms with E-state index in [0.29, 0.717) is 6.61 Å². The molecule has 0 radical (unpaired) electrons. The van der Waals surface area contributed by atoms with E-state index in [1.807, 2.05) is 6.92 Å². The summed E-state index contributed by atoms with van der Waals surface area (Å²) in [6.07, 6.45) is 0.393. The van der Waals surface area contributed by atoms with Gasteiger partial charge in [0.15, 0.2) is 0 Å². The summed E-state index contributed by atoms with van der Waals surface area (Å²) in [5, 5.41) is 12.2. The molecule has 1 heterocycles. The number of hydrogen-bond donors (Lipinski definition) is 2. The van der Waals surface area contributed by atoms with Gasteiger partial charge < -0.3 is 9.84 Å². The highest BCUT2D eigenvalue weighted by molar-refractivity contribution is 4.75. The van der Waals surface area contributed by atoms with E-state index in [2.05, 4.69) is 5.32 Å². The van der Waals surface area contributed by atoms with Crippen molar-refractivity contribution in [1.82, 2.24) is 5.32 Å². The van der Waals surface area contributed by atoms with Crippen molar-refractivity contribution in [3.63, 3.8) is 0 Å². The summed E-state index contributed by atoms with van der Waals surface area (Å²) >= 11 is 0. The molecule has 3 nitrogen and oxygen atoms in total. The maximum atomic E-state index is 9.13. The second-order valence-electron chi connectivity index (χ2n) is 2.19. The van der Waals surface area contributed by atoms with Crippen LogP contribution in [-0.2, 0) is 4.74 Å². The van der Waals surface area contributed by atoms with E-state index < -0.39 is 0 Å². The van der Waals surface area contributed by atoms with Gasteiger partial charge in [0.1, 0.15) is 6.23 Å². The number of ether oxygens (including phenoxy) is 1. The Bertz CT molecular complexity index is 87.1. The minimum Gasteiger partial charge on any atom is -0.389 e. The van der Waals surface area contributed by atoms with Gasteiger partial charge in [-0.2, -0.15) is 0 Å². The van der Waals surface area contributed by atoms with Crippen LogP contribution in [0.1, 0.15) is 13.3 Å². The Morgan fingerprint density at radius 1 is 1.78 bits per heavy atom. The second kappa shape index (κ2) is 3.15. The van der Waals surface area contributed by atoms with Gasteiger partial charge in [-0.15, -0.1) is 0 Å². The quantitative estimate of drug-likeness (QED) is 0.540. The summed E-state index contributed by atoms with van der Waals surface area (Å²) in [7, 11) is 0. The summed E-state index contributed by atoms with van der Waals surface area (Å²) in [6, 6.07) is 0. The lowest BCUT2D eigenvalue weighted by Gasteiger charge is -2.13. The van der Waals surface area contributed by atoms with E-state index in [9.17, 15) is 0 Å². The summed E-state index contributed by atoms with van der Waals surface area (Å²) < 4.78 is 5.15. The molecule has 54 valence electrons. The van der Waals surface area contributed by atoms with Crippen molar-refractivity contribution >= 4 is 0 Å². The minimum atomic E-state index is -0.301. The van der Waals surface area contributed by atoms with Gasteiger partial charge in [-0.25, -0.2) is 0 Å². The van der Waals surface area contributed by atoms with E-state index >= 15 is 0 Å². The van der Waals surface area contributed by atoms with Gasteiger partial charge in [-0.05, 0) is 13.3 Å². The normalized spacial score (nSPS) is 35.3. The van der Waals surface area contributed by atoms with Crippen molar-refractivity contribution in [2.24, 2.45) is 0 Å². The van der Waals surface area contributed by atoms with Crippen LogP contribution in [0.25, 0.3) is 0 Å². The predicted octanol–water partition coefficient (Wildman–Crippen LogP) is -0.297. The van der Waals surface area contributed by atoms with E-state index in [1.165, 1.54) is 0 Å². The molecule has 3 heteroatoms. The average Bonchev–Trinajstić information content (AvgIpc) is 2.18. The Morgan fingerprint density at radius 2 is 2.56 bits per heavy atom. The number of aliphatic hydroxyl groups excluding tert-OH is 1. The highest BCUT2D eigenvalue weighted by Crippen LogP contribution is 2.06. The molecule has 0 aliphatic carbocycles. The minimum absolute atomic E-state index is 0.116. The fourth-order valence-corrected chi connectivity index (χ4v) is 1.01. The molecule has 0 aromatic rings. The number of hydrogen-bond acceptors (Lipinski definition) is 3. The molecule has 0 aromatic heterocycles. The highest BCUT2D eigenvalue weighted by Gasteiger charge is 2.23. The molecular weight excluding hydrogens is 118 g/mol. The molecule has 0 unspecified atom stereocenters. The van der Waals surface area contributed by atoms with Gasteiger partial charge in [0.05, 0.1) is 6.10 Å². The summed E-state index contributed by atoms with van der Waals surface area (Å²) in [4.78, 5) is 0. The first-order valence-electron chi connectivity index (χ1n) is 3.37. The maximum Gasteiger partial charge on any atom is 0.134 e. The van der Waals surface area contributed by atoms with Crippen LogP contribution in [0.3, 0.4) is 0 Å². The first kappa shape index (κ1) is 6.99. The molecule has 1 saturated heterocycles. The van der Waals surface area contributed by atoms with Crippen LogP contribution < -0.4 is 5.32 Å². The predicted molar refractivity (Wildman–Crippen MR) is 34.0 cm³/mol. The van der Waals surface area contributed by atoms with Crippen molar-refractivity contribution < 1.29 is 9.84 Å². The molecule has 1 aliphatic rings. The summed E-state index contributed by atoms with van der Waals surface area (Å²) in [5.74, 6) is 0. The molecular formula is C6H13NO2. The molecule has 0 amide bonds. The van der Waals surface area contributed by atoms with Crippen LogP contribution in [-0.4, -0.2) is 30.6 Å². The largest absolute Gasteiger partial charge is 0.389 e. The lowest BCUT2D eigenvalue weighted by Crippen LogP contribution is -2.32. The van der Waals surface area contributed by atoms with Crippen LogP contribution in [0, 0.1) is 0 Å². The smallest absolute Gasteiger partial charge is 0.134 e. The van der Waals surface area contributed by atoms with Crippen LogP contribution in [0.15, 0.2) is 0 Å². The van der Waals surface area contributed by atoms with Crippen LogP contribution in [0.2, 0.25) is 0 Å². The lowest BCUT2D eigenvalue weighted by molar-refractivity contribution is -0.0245. The van der Waals surface area contributed by atoms with Gasteiger partial charge in [-0.1, -0.05) is 0 Å². The van der Waals surface area contributed by atoms with Gasteiger partial charge in [0, 0.05) is 13.2 Å². The SMILES string of the molecule is CCO[C@H]1NCC[C@H]1O. The third-order valence-corrected chi connectivity index (χ3v) is 1.48. The third kappa shape index (κ3) is 1.64. The van der Waals surface area contributed by atoms with Gasteiger partial charge in [-0.3, -0.25) is 5.32 Å². The Hall–Kier alpha value is -0.120. The molecule has 2 N–H and O–H groups in total. The Morgan fingerprint density at radius 3 is 3.00 bits per heavy atom. The molecule has 1 rings (SSSR count). The summed E-state index contributed by atoms with van der Waals surface area (Å²) in [5.41, 5.74) is 0. The second-order valence-corrected chi connectivity index (χ2v) is 2.19. The standard InChI is InChI=1S/C6H13NO2/c1-2-9-6-5(8)3-4-7-6/h5-8H,2-4H2,1H3/t5-,6-/m1/s1. The molecule has 0 aromatic carbocycles. The molecule has 9 heavy (non-hydrogen) atoms. The van der Waals surface area contributed by atoms with Crippen molar-refractivity contribution in [2.75, 3.05) is 13.2 Å². The third-order valence-electron chi connectivity index (χ3n) is 1.48. The Kier molecular flexibility index (Phi) is 2.45. The molecule has 2 atom stereocenters. The number of aliphatic hydroxyl groups is 1. The maximum absolute atomic E-state index is 9.13. The molecule has 0 saturated carbocycles. The number of rotatable bonds is 2. The highest BCUT2D eigenvalue weighted by atomic mass is 16.5. The van der Waals surface area contributed by atoms with Crippen molar-refractivity contribution in [1.29, 1.82) is 0 Å². The molecule has 0 spiro atoms. The van der Waals surface area contributed by atoms with Crippen molar-refractivity contribution in [3.05, 3.63) is 0 Å². The molecule has 1 aliphatic heterocycles. The van der Waals surface area contributed by atoms with Crippen LogP contribution in [0.4, 0.5) is 0 Å². The molecule has 0 bridgehead atoms. The Balaban J connectivity index is 2.22. The van der Waals surface area contributed by atoms with Crippen LogP contribution in [0.5, 0.6) is 0 Å². The van der Waals surface area contributed by atoms with Gasteiger partial charge >= 0.3 is 0 Å². The van der Waals surface area contributed by atoms with Crippen molar-refractivity contribution in [2.45, 2.75) is 25.7 Å². The van der Waals surface area contributed by atoms with E-state index in [1.54, 1.807) is 0 Å². The van der Waals surface area contributed by atoms with Gasteiger partial charge in [0.25, 0.3) is 0 Å². The average molecular weight is 131 g/mol. The molecule has 1 fully saturated rings. The Labute approximate surface area is 55.0 Å². The fourth-order valence-electron chi connectivity index (χ4n) is 1.01. The zero-order valence-electron chi connectivity index (χ0n) is 5.63. The fraction of sp³-hybridized carbons (Fsp3) is 1.00. The zero-order chi connectivity index (χ0) is 6.69.